The van der Waals surface area contributed by atoms with Gasteiger partial charge in [-0.05, 0) is 79.8 Å². The van der Waals surface area contributed by atoms with Gasteiger partial charge in [0.25, 0.3) is 0 Å². The fourth-order valence-electron chi connectivity index (χ4n) is 8.48. The van der Waals surface area contributed by atoms with Crippen molar-refractivity contribution in [2.24, 2.45) is 0 Å². The normalized spacial score (nSPS) is 13.7. The van der Waals surface area contributed by atoms with Gasteiger partial charge in [-0.25, -0.2) is 0 Å². The van der Waals surface area contributed by atoms with Gasteiger partial charge in [-0.15, -0.1) is 22.7 Å². The molecule has 46 heavy (non-hydrogen) atoms. The van der Waals surface area contributed by atoms with Crippen molar-refractivity contribution in [2.75, 3.05) is 0 Å². The fraction of sp³-hybridized carbons (Fsp3) is 0.0952. The van der Waals surface area contributed by atoms with E-state index in [-0.39, 0.29) is 0 Å². The first-order valence-corrected chi connectivity index (χ1v) is 17.9. The lowest BCUT2D eigenvalue weighted by atomic mass is 9.93. The Hall–Kier alpha value is -4.90. The highest BCUT2D eigenvalue weighted by Gasteiger charge is 2.27. The summed E-state index contributed by atoms with van der Waals surface area (Å²) in [6.45, 7) is 0. The summed E-state index contributed by atoms with van der Waals surface area (Å²) < 4.78 is 10.6. The maximum atomic E-state index is 2.64. The summed E-state index contributed by atoms with van der Waals surface area (Å²) >= 11 is 3.82. The second-order valence-electron chi connectivity index (χ2n) is 12.7. The van der Waals surface area contributed by atoms with Gasteiger partial charge in [0.2, 0.25) is 0 Å². The lowest BCUT2D eigenvalue weighted by Crippen LogP contribution is -2.07. The number of nitrogens with zero attached hydrogens (tertiary/aromatic N) is 2. The third-order valence-electron chi connectivity index (χ3n) is 10.3. The summed E-state index contributed by atoms with van der Waals surface area (Å²) in [5.41, 5.74) is 9.55. The zero-order chi connectivity index (χ0) is 29.9. The standard InChI is InChI=1S/C42H28N2S2/c1-5-16-30-27(12-1)40-33(43(30)32-18-10-22-38-39(32)29-14-4-8-21-37(29)45-38)23-24-34-41(40)28-13-2-6-17-31(28)44(34)35-19-9-15-26-25-11-3-7-20-36(25)46-42(26)35/h2-4,6-11,13-15,17-24H,1,5,12,16H2. The highest BCUT2D eigenvalue weighted by Crippen LogP contribution is 2.47. The molecule has 218 valence electrons. The highest BCUT2D eigenvalue weighted by atomic mass is 32.1. The van der Waals surface area contributed by atoms with Crippen LogP contribution in [0.3, 0.4) is 0 Å². The van der Waals surface area contributed by atoms with Crippen molar-refractivity contribution >= 4 is 95.7 Å². The first kappa shape index (κ1) is 25.3. The predicted molar refractivity (Wildman–Crippen MR) is 200 cm³/mol. The van der Waals surface area contributed by atoms with E-state index in [1.54, 1.807) is 5.56 Å². The van der Waals surface area contributed by atoms with Gasteiger partial charge < -0.3 is 9.13 Å². The summed E-state index contributed by atoms with van der Waals surface area (Å²) in [6.07, 6.45) is 4.73. The van der Waals surface area contributed by atoms with Gasteiger partial charge in [-0.3, -0.25) is 0 Å². The van der Waals surface area contributed by atoms with E-state index in [4.69, 9.17) is 0 Å². The highest BCUT2D eigenvalue weighted by molar-refractivity contribution is 7.26. The molecule has 4 aromatic heterocycles. The summed E-state index contributed by atoms with van der Waals surface area (Å²) in [5.74, 6) is 0. The predicted octanol–water partition coefficient (Wildman–Crippen LogP) is 12.3. The van der Waals surface area contributed by atoms with Crippen molar-refractivity contribution in [3.63, 3.8) is 0 Å². The zero-order valence-electron chi connectivity index (χ0n) is 25.1. The Bertz CT molecular complexity index is 2870. The average Bonchev–Trinajstić information content (AvgIpc) is 3.85. The molecule has 0 bridgehead atoms. The molecule has 11 rings (SSSR count). The molecule has 0 spiro atoms. The Kier molecular flexibility index (Phi) is 5.13. The molecular formula is C42H28N2S2. The van der Waals surface area contributed by atoms with Crippen LogP contribution in [0.4, 0.5) is 0 Å². The largest absolute Gasteiger partial charge is 0.313 e. The minimum absolute atomic E-state index is 1.11. The van der Waals surface area contributed by atoms with Crippen LogP contribution >= 0.6 is 22.7 Å². The van der Waals surface area contributed by atoms with Crippen LogP contribution in [-0.4, -0.2) is 9.13 Å². The van der Waals surface area contributed by atoms with E-state index >= 15 is 0 Å². The maximum absolute atomic E-state index is 2.64. The molecular weight excluding hydrogens is 597 g/mol. The van der Waals surface area contributed by atoms with Gasteiger partial charge in [0.1, 0.15) is 0 Å². The molecule has 0 aliphatic heterocycles. The van der Waals surface area contributed by atoms with Gasteiger partial charge >= 0.3 is 0 Å². The van der Waals surface area contributed by atoms with Crippen LogP contribution in [0.15, 0.2) is 121 Å². The van der Waals surface area contributed by atoms with Crippen molar-refractivity contribution in [1.29, 1.82) is 0 Å². The molecule has 0 fully saturated rings. The number of aryl methyl sites for hydroxylation is 1. The molecule has 0 atom stereocenters. The lowest BCUT2D eigenvalue weighted by molar-refractivity contribution is 0.667. The molecule has 10 aromatic rings. The number of benzene rings is 6. The molecule has 0 saturated carbocycles. The molecule has 4 heterocycles. The molecule has 0 saturated heterocycles. The van der Waals surface area contributed by atoms with Gasteiger partial charge in [0.05, 0.1) is 32.6 Å². The number of thiophene rings is 2. The van der Waals surface area contributed by atoms with Crippen molar-refractivity contribution in [3.8, 4) is 11.4 Å². The molecule has 6 aromatic carbocycles. The minimum Gasteiger partial charge on any atom is -0.313 e. The van der Waals surface area contributed by atoms with Crippen molar-refractivity contribution < 1.29 is 0 Å². The third-order valence-corrected chi connectivity index (χ3v) is 12.7. The number of hydrogen-bond donors (Lipinski definition) is 0. The summed E-state index contributed by atoms with van der Waals surface area (Å²) in [7, 11) is 0. The van der Waals surface area contributed by atoms with Crippen LogP contribution in [0.25, 0.3) is 84.4 Å². The molecule has 0 radical (unpaired) electrons. The van der Waals surface area contributed by atoms with E-state index in [2.05, 4.69) is 130 Å². The molecule has 0 N–H and O–H groups in total. The SMILES string of the molecule is c1ccc2c(c1)sc1c(-n3c4ccccc4c4c5c6c(n(-c7cccc8sc9ccccc9c78)c5ccc43)CCCC6)cccc12. The second-order valence-corrected chi connectivity index (χ2v) is 14.8. The Morgan fingerprint density at radius 3 is 1.96 bits per heavy atom. The summed E-state index contributed by atoms with van der Waals surface area (Å²) in [4.78, 5) is 0. The fourth-order valence-corrected chi connectivity index (χ4v) is 10.8. The Balaban J connectivity index is 1.29. The van der Waals surface area contributed by atoms with Gasteiger partial charge in [0, 0.05) is 57.5 Å². The molecule has 1 aliphatic carbocycles. The Labute approximate surface area is 273 Å². The smallest absolute Gasteiger partial charge is 0.0640 e. The van der Waals surface area contributed by atoms with Crippen LogP contribution < -0.4 is 0 Å². The van der Waals surface area contributed by atoms with E-state index in [0.29, 0.717) is 0 Å². The zero-order valence-corrected chi connectivity index (χ0v) is 26.7. The van der Waals surface area contributed by atoms with Gasteiger partial charge in [0.15, 0.2) is 0 Å². The van der Waals surface area contributed by atoms with Crippen molar-refractivity contribution in [1.82, 2.24) is 9.13 Å². The quantitative estimate of drug-likeness (QED) is 0.181. The van der Waals surface area contributed by atoms with Crippen LogP contribution in [0.5, 0.6) is 0 Å². The van der Waals surface area contributed by atoms with Crippen LogP contribution in [0.2, 0.25) is 0 Å². The van der Waals surface area contributed by atoms with Crippen LogP contribution in [0.1, 0.15) is 24.1 Å². The molecule has 4 heteroatoms. The minimum atomic E-state index is 1.11. The van der Waals surface area contributed by atoms with E-state index in [0.717, 1.165) is 12.8 Å². The van der Waals surface area contributed by atoms with E-state index in [1.165, 1.54) is 103 Å². The van der Waals surface area contributed by atoms with E-state index in [1.807, 2.05) is 22.7 Å². The number of hydrogen-bond acceptors (Lipinski definition) is 2. The molecule has 2 nitrogen and oxygen atoms in total. The molecule has 0 amide bonds. The summed E-state index contributed by atoms with van der Waals surface area (Å²) in [6, 6.07) is 45.4. The Morgan fingerprint density at radius 2 is 1.07 bits per heavy atom. The molecule has 0 unspecified atom stereocenters. The first-order valence-electron chi connectivity index (χ1n) is 16.2. The number of aromatic nitrogens is 2. The summed E-state index contributed by atoms with van der Waals surface area (Å²) in [5, 5.41) is 9.60. The maximum Gasteiger partial charge on any atom is 0.0640 e. The Morgan fingerprint density at radius 1 is 0.413 bits per heavy atom. The number of para-hydroxylation sites is 1. The monoisotopic (exact) mass is 624 g/mol. The van der Waals surface area contributed by atoms with Crippen molar-refractivity contribution in [2.45, 2.75) is 25.7 Å². The third kappa shape index (κ3) is 3.25. The molecule has 1 aliphatic rings. The number of fused-ring (bicyclic) bond motifs is 13. The van der Waals surface area contributed by atoms with Gasteiger partial charge in [-0.1, -0.05) is 72.8 Å². The topological polar surface area (TPSA) is 9.86 Å². The van der Waals surface area contributed by atoms with Gasteiger partial charge in [-0.2, -0.15) is 0 Å². The van der Waals surface area contributed by atoms with E-state index in [9.17, 15) is 0 Å². The van der Waals surface area contributed by atoms with Crippen molar-refractivity contribution in [3.05, 3.63) is 133 Å². The number of rotatable bonds is 2. The average molecular weight is 625 g/mol. The lowest BCUT2D eigenvalue weighted by Gasteiger charge is -2.17. The first-order chi connectivity index (χ1) is 22.8. The second kappa shape index (κ2) is 9.32. The van der Waals surface area contributed by atoms with Crippen LogP contribution in [0, 0.1) is 0 Å². The van der Waals surface area contributed by atoms with E-state index < -0.39 is 0 Å². The van der Waals surface area contributed by atoms with Crippen LogP contribution in [-0.2, 0) is 12.8 Å².